The van der Waals surface area contributed by atoms with Crippen LogP contribution in [0.15, 0.2) is 0 Å². The van der Waals surface area contributed by atoms with Gasteiger partial charge in [-0.05, 0) is 6.42 Å². The Labute approximate surface area is 86.7 Å². The summed E-state index contributed by atoms with van der Waals surface area (Å²) < 4.78 is 75.5. The molecule has 0 aromatic heterocycles. The fourth-order valence-corrected chi connectivity index (χ4v) is 0.704. The summed E-state index contributed by atoms with van der Waals surface area (Å²) in [7, 11) is 0. The van der Waals surface area contributed by atoms with E-state index in [0.717, 1.165) is 5.32 Å². The monoisotopic (exact) mass is 253 g/mol. The van der Waals surface area contributed by atoms with Crippen LogP contribution in [0.25, 0.3) is 0 Å². The summed E-state index contributed by atoms with van der Waals surface area (Å²) in [6.45, 7) is 1.28. The van der Waals surface area contributed by atoms with Gasteiger partial charge in [-0.3, -0.25) is 0 Å². The van der Waals surface area contributed by atoms with Gasteiger partial charge in [0.25, 0.3) is 0 Å². The van der Waals surface area contributed by atoms with Crippen molar-refractivity contribution in [3.8, 4) is 0 Å². The van der Waals surface area contributed by atoms with E-state index in [-0.39, 0.29) is 13.0 Å². The van der Waals surface area contributed by atoms with Gasteiger partial charge < -0.3 is 10.1 Å². The zero-order chi connectivity index (χ0) is 13.0. The maximum absolute atomic E-state index is 11.9. The van der Waals surface area contributed by atoms with Crippen molar-refractivity contribution >= 4 is 6.09 Å². The number of amides is 1. The van der Waals surface area contributed by atoms with E-state index >= 15 is 0 Å². The summed E-state index contributed by atoms with van der Waals surface area (Å²) in [6.07, 6.45) is -12.7. The maximum atomic E-state index is 11.9. The van der Waals surface area contributed by atoms with Crippen molar-refractivity contribution < 1.29 is 35.9 Å². The number of ether oxygens (including phenoxy) is 1. The molecule has 0 spiro atoms. The van der Waals surface area contributed by atoms with Gasteiger partial charge in [-0.25, -0.2) is 4.79 Å². The molecule has 0 heterocycles. The fourth-order valence-electron chi connectivity index (χ4n) is 0.704. The lowest BCUT2D eigenvalue weighted by Gasteiger charge is -2.23. The summed E-state index contributed by atoms with van der Waals surface area (Å²) in [5.74, 6) is 0. The summed E-state index contributed by atoms with van der Waals surface area (Å²) in [5, 5.41) is 0.721. The zero-order valence-electron chi connectivity index (χ0n) is 8.08. The van der Waals surface area contributed by atoms with Crippen LogP contribution in [0.4, 0.5) is 31.1 Å². The van der Waals surface area contributed by atoms with Gasteiger partial charge in [0.15, 0.2) is 0 Å². The summed E-state index contributed by atoms with van der Waals surface area (Å²) in [4.78, 5) is 10.6. The lowest BCUT2D eigenvalue weighted by Crippen LogP contribution is -2.54. The predicted molar refractivity (Wildman–Crippen MR) is 40.7 cm³/mol. The second-order valence-electron chi connectivity index (χ2n) is 2.80. The van der Waals surface area contributed by atoms with E-state index in [2.05, 4.69) is 4.74 Å². The molecule has 3 nitrogen and oxygen atoms in total. The molecule has 0 aromatic carbocycles. The van der Waals surface area contributed by atoms with E-state index in [1.54, 1.807) is 0 Å². The second kappa shape index (κ2) is 5.26. The Bertz CT molecular complexity index is 222. The average molecular weight is 253 g/mol. The smallest absolute Gasteiger partial charge is 0.417 e. The molecule has 0 bridgehead atoms. The highest BCUT2D eigenvalue weighted by atomic mass is 19.4. The number of carbonyl (C=O) groups excluding carboxylic acids is 1. The van der Waals surface area contributed by atoms with Crippen LogP contribution in [-0.4, -0.2) is 31.1 Å². The normalized spacial score (nSPS) is 12.8. The Morgan fingerprint density at radius 1 is 1.19 bits per heavy atom. The molecule has 0 radical (unpaired) electrons. The zero-order valence-corrected chi connectivity index (χ0v) is 8.08. The van der Waals surface area contributed by atoms with Crippen molar-refractivity contribution in [1.82, 2.24) is 5.32 Å². The summed E-state index contributed by atoms with van der Waals surface area (Å²) in [5.41, 5.74) is 0. The van der Waals surface area contributed by atoms with Crippen LogP contribution < -0.4 is 5.32 Å². The third kappa shape index (κ3) is 5.08. The van der Waals surface area contributed by atoms with E-state index in [1.807, 2.05) is 0 Å². The SMILES string of the molecule is CCCOC(=O)NC(C(F)(F)F)C(F)(F)F. The number of alkyl carbamates (subject to hydrolysis) is 1. The van der Waals surface area contributed by atoms with Crippen LogP contribution >= 0.6 is 0 Å². The Morgan fingerprint density at radius 3 is 1.94 bits per heavy atom. The Kier molecular flexibility index (Phi) is 4.88. The van der Waals surface area contributed by atoms with Gasteiger partial charge in [-0.2, -0.15) is 26.3 Å². The second-order valence-corrected chi connectivity index (χ2v) is 2.80. The Hall–Kier alpha value is -1.15. The molecule has 96 valence electrons. The number of carbonyl (C=O) groups is 1. The van der Waals surface area contributed by atoms with Gasteiger partial charge in [0.05, 0.1) is 6.61 Å². The van der Waals surface area contributed by atoms with Crippen molar-refractivity contribution in [1.29, 1.82) is 0 Å². The highest BCUT2D eigenvalue weighted by molar-refractivity contribution is 5.67. The third-order valence-corrected chi connectivity index (χ3v) is 1.35. The minimum absolute atomic E-state index is 0.256. The molecule has 1 N–H and O–H groups in total. The van der Waals surface area contributed by atoms with E-state index in [9.17, 15) is 31.1 Å². The quantitative estimate of drug-likeness (QED) is 0.785. The molecule has 0 aliphatic heterocycles. The molecular weight excluding hydrogens is 244 g/mol. The topological polar surface area (TPSA) is 38.3 Å². The molecule has 16 heavy (non-hydrogen) atoms. The molecule has 0 saturated carbocycles. The van der Waals surface area contributed by atoms with E-state index in [0.29, 0.717) is 0 Å². The van der Waals surface area contributed by atoms with Crippen molar-refractivity contribution in [2.24, 2.45) is 0 Å². The molecule has 0 rings (SSSR count). The van der Waals surface area contributed by atoms with Crippen molar-refractivity contribution in [3.63, 3.8) is 0 Å². The van der Waals surface area contributed by atoms with Gasteiger partial charge >= 0.3 is 18.4 Å². The van der Waals surface area contributed by atoms with Crippen molar-refractivity contribution in [2.45, 2.75) is 31.7 Å². The fraction of sp³-hybridized carbons (Fsp3) is 0.857. The van der Waals surface area contributed by atoms with Crippen LogP contribution in [0.2, 0.25) is 0 Å². The van der Waals surface area contributed by atoms with Gasteiger partial charge in [-0.1, -0.05) is 6.92 Å². The first-order valence-corrected chi connectivity index (χ1v) is 4.15. The molecule has 0 saturated heterocycles. The average Bonchev–Trinajstić information content (AvgIpc) is 2.07. The molecular formula is C7H9F6NO2. The predicted octanol–water partition coefficient (Wildman–Crippen LogP) is 2.62. The molecule has 0 unspecified atom stereocenters. The number of nitrogens with one attached hydrogen (secondary N) is 1. The highest BCUT2D eigenvalue weighted by Crippen LogP contribution is 2.33. The number of hydrogen-bond acceptors (Lipinski definition) is 2. The summed E-state index contributed by atoms with van der Waals surface area (Å²) in [6, 6.07) is -3.91. The minimum Gasteiger partial charge on any atom is -0.450 e. The molecule has 9 heteroatoms. The van der Waals surface area contributed by atoms with Crippen molar-refractivity contribution in [3.05, 3.63) is 0 Å². The number of alkyl halides is 6. The van der Waals surface area contributed by atoms with Gasteiger partial charge in [-0.15, -0.1) is 0 Å². The van der Waals surface area contributed by atoms with Crippen LogP contribution in [-0.2, 0) is 4.74 Å². The first kappa shape index (κ1) is 14.8. The van der Waals surface area contributed by atoms with Gasteiger partial charge in [0.1, 0.15) is 0 Å². The molecule has 0 aliphatic carbocycles. The van der Waals surface area contributed by atoms with Crippen LogP contribution in [0, 0.1) is 0 Å². The molecule has 1 amide bonds. The first-order chi connectivity index (χ1) is 7.09. The van der Waals surface area contributed by atoms with Crippen molar-refractivity contribution in [2.75, 3.05) is 6.61 Å². The molecule has 0 fully saturated rings. The largest absolute Gasteiger partial charge is 0.450 e. The minimum atomic E-state index is -5.61. The maximum Gasteiger partial charge on any atom is 0.417 e. The molecule has 0 atom stereocenters. The number of rotatable bonds is 3. The van der Waals surface area contributed by atoms with Gasteiger partial charge in [0, 0.05) is 0 Å². The van der Waals surface area contributed by atoms with Crippen LogP contribution in [0.5, 0.6) is 0 Å². The van der Waals surface area contributed by atoms with E-state index < -0.39 is 24.5 Å². The lowest BCUT2D eigenvalue weighted by atomic mass is 10.3. The first-order valence-electron chi connectivity index (χ1n) is 4.15. The third-order valence-electron chi connectivity index (χ3n) is 1.35. The van der Waals surface area contributed by atoms with E-state index in [4.69, 9.17) is 0 Å². The molecule has 0 aliphatic rings. The molecule has 0 aromatic rings. The summed E-state index contributed by atoms with van der Waals surface area (Å²) >= 11 is 0. The Morgan fingerprint density at radius 2 is 1.62 bits per heavy atom. The highest BCUT2D eigenvalue weighted by Gasteiger charge is 2.57. The standard InChI is InChI=1S/C7H9F6NO2/c1-2-3-16-5(15)14-4(6(8,9)10)7(11,12)13/h4H,2-3H2,1H3,(H,14,15). The van der Waals surface area contributed by atoms with Crippen LogP contribution in [0.1, 0.15) is 13.3 Å². The number of hydrogen-bond donors (Lipinski definition) is 1. The van der Waals surface area contributed by atoms with E-state index in [1.165, 1.54) is 6.92 Å². The Balaban J connectivity index is 4.52. The van der Waals surface area contributed by atoms with Crippen LogP contribution in [0.3, 0.4) is 0 Å². The lowest BCUT2D eigenvalue weighted by molar-refractivity contribution is -0.256. The van der Waals surface area contributed by atoms with Gasteiger partial charge in [0.2, 0.25) is 6.04 Å². The number of halogens is 6.